The number of aromatic nitrogens is 2. The van der Waals surface area contributed by atoms with Crippen molar-refractivity contribution in [2.45, 2.75) is 20.4 Å². The zero-order valence-electron chi connectivity index (χ0n) is 18.1. The van der Waals surface area contributed by atoms with Gasteiger partial charge in [0.25, 0.3) is 15.9 Å². The number of rotatable bonds is 6. The monoisotopic (exact) mass is 523 g/mol. The Morgan fingerprint density at radius 1 is 1.09 bits per heavy atom. The third kappa shape index (κ3) is 5.40. The molecular weight excluding hydrogens is 502 g/mol. The molecule has 0 saturated carbocycles. The number of hydrogen-bond acceptors (Lipinski definition) is 4. The average molecular weight is 524 g/mol. The fourth-order valence-corrected chi connectivity index (χ4v) is 4.84. The fraction of sp³-hybridized carbons (Fsp3) is 0.120. The zero-order valence-corrected chi connectivity index (χ0v) is 20.5. The SMILES string of the molecule is Cc1ccc2ccc(Cn3cc(C(=O)NS(=O)(=O)C=Cc4ccccc4)nc3C)c(Br)c2c1. The van der Waals surface area contributed by atoms with Gasteiger partial charge in [-0.15, -0.1) is 0 Å². The lowest BCUT2D eigenvalue weighted by atomic mass is 10.0. The smallest absolute Gasteiger partial charge is 0.285 e. The molecule has 4 aromatic rings. The van der Waals surface area contributed by atoms with Crippen molar-refractivity contribution in [3.8, 4) is 0 Å². The second-order valence-electron chi connectivity index (χ2n) is 7.75. The first kappa shape index (κ1) is 22.9. The van der Waals surface area contributed by atoms with Crippen LogP contribution in [-0.4, -0.2) is 23.9 Å². The van der Waals surface area contributed by atoms with Crippen molar-refractivity contribution in [3.63, 3.8) is 0 Å². The van der Waals surface area contributed by atoms with Gasteiger partial charge in [-0.3, -0.25) is 4.79 Å². The highest BCUT2D eigenvalue weighted by Gasteiger charge is 2.18. The Kier molecular flexibility index (Phi) is 6.49. The highest BCUT2D eigenvalue weighted by atomic mass is 79.9. The summed E-state index contributed by atoms with van der Waals surface area (Å²) >= 11 is 3.71. The third-order valence-corrected chi connectivity index (χ3v) is 7.12. The Bertz CT molecular complexity index is 1480. The number of carbonyl (C=O) groups is 1. The zero-order chi connectivity index (χ0) is 23.6. The molecule has 0 aliphatic rings. The number of benzene rings is 3. The lowest BCUT2D eigenvalue weighted by Crippen LogP contribution is -2.29. The van der Waals surface area contributed by atoms with E-state index in [4.69, 9.17) is 0 Å². The predicted molar refractivity (Wildman–Crippen MR) is 134 cm³/mol. The van der Waals surface area contributed by atoms with Crippen molar-refractivity contribution in [1.29, 1.82) is 0 Å². The first-order valence-electron chi connectivity index (χ1n) is 10.2. The molecule has 3 aromatic carbocycles. The minimum atomic E-state index is -3.96. The standard InChI is InChI=1S/C25H22BrN3O3S/c1-17-8-9-20-10-11-21(24(26)22(20)14-17)15-29-16-23(27-18(29)2)25(30)28-33(31,32)13-12-19-6-4-3-5-7-19/h3-14,16H,15H2,1-2H3,(H,28,30). The van der Waals surface area contributed by atoms with Crippen molar-refractivity contribution >= 4 is 48.7 Å². The maximum Gasteiger partial charge on any atom is 0.285 e. The number of halogens is 1. The van der Waals surface area contributed by atoms with E-state index in [1.807, 2.05) is 23.6 Å². The number of amides is 1. The number of sulfonamides is 1. The van der Waals surface area contributed by atoms with E-state index < -0.39 is 15.9 Å². The van der Waals surface area contributed by atoms with Gasteiger partial charge in [0.15, 0.2) is 0 Å². The highest BCUT2D eigenvalue weighted by Crippen LogP contribution is 2.29. The number of nitrogens with zero attached hydrogens (tertiary/aromatic N) is 2. The number of nitrogens with one attached hydrogen (secondary N) is 1. The Hall–Kier alpha value is -3.23. The number of imidazole rings is 1. The molecule has 168 valence electrons. The Balaban J connectivity index is 1.52. The van der Waals surface area contributed by atoms with Crippen LogP contribution in [0.15, 0.2) is 76.7 Å². The van der Waals surface area contributed by atoms with Crippen LogP contribution in [-0.2, 0) is 16.6 Å². The van der Waals surface area contributed by atoms with Crippen molar-refractivity contribution in [1.82, 2.24) is 14.3 Å². The summed E-state index contributed by atoms with van der Waals surface area (Å²) in [6, 6.07) is 19.3. The second-order valence-corrected chi connectivity index (χ2v) is 10.1. The van der Waals surface area contributed by atoms with Gasteiger partial charge in [0.05, 0.1) is 5.41 Å². The molecule has 6 nitrogen and oxygen atoms in total. The molecule has 4 rings (SSSR count). The van der Waals surface area contributed by atoms with E-state index in [2.05, 4.69) is 49.9 Å². The van der Waals surface area contributed by atoms with E-state index in [1.54, 1.807) is 37.4 Å². The van der Waals surface area contributed by atoms with Gasteiger partial charge in [-0.05, 0) is 57.8 Å². The minimum absolute atomic E-state index is 0.0388. The topological polar surface area (TPSA) is 81.1 Å². The third-order valence-electron chi connectivity index (χ3n) is 5.21. The maximum absolute atomic E-state index is 12.6. The Labute approximate surface area is 201 Å². The summed E-state index contributed by atoms with van der Waals surface area (Å²) in [5.41, 5.74) is 2.95. The summed E-state index contributed by atoms with van der Waals surface area (Å²) < 4.78 is 29.5. The molecule has 1 amide bonds. The second kappa shape index (κ2) is 9.33. The molecule has 0 atom stereocenters. The normalized spacial score (nSPS) is 11.8. The van der Waals surface area contributed by atoms with Crippen LogP contribution in [0.25, 0.3) is 16.8 Å². The lowest BCUT2D eigenvalue weighted by Gasteiger charge is -2.10. The number of carbonyl (C=O) groups excluding carboxylic acids is 1. The summed E-state index contributed by atoms with van der Waals surface area (Å²) in [6.45, 7) is 4.31. The van der Waals surface area contributed by atoms with Crippen LogP contribution in [0, 0.1) is 13.8 Å². The quantitative estimate of drug-likeness (QED) is 0.376. The molecule has 0 bridgehead atoms. The number of aryl methyl sites for hydroxylation is 2. The fourth-order valence-electron chi connectivity index (χ4n) is 3.47. The number of fused-ring (bicyclic) bond motifs is 1. The van der Waals surface area contributed by atoms with Crippen LogP contribution in [0.1, 0.15) is 33.0 Å². The molecule has 1 aromatic heterocycles. The molecule has 0 fully saturated rings. The molecule has 0 saturated heterocycles. The van der Waals surface area contributed by atoms with Gasteiger partial charge in [-0.1, -0.05) is 66.2 Å². The van der Waals surface area contributed by atoms with E-state index in [0.717, 1.165) is 26.2 Å². The molecule has 0 aliphatic carbocycles. The van der Waals surface area contributed by atoms with Crippen molar-refractivity contribution in [2.24, 2.45) is 0 Å². The van der Waals surface area contributed by atoms with E-state index in [9.17, 15) is 13.2 Å². The lowest BCUT2D eigenvalue weighted by molar-refractivity contribution is 0.0977. The van der Waals surface area contributed by atoms with Crippen LogP contribution < -0.4 is 4.72 Å². The Morgan fingerprint density at radius 2 is 1.82 bits per heavy atom. The summed E-state index contributed by atoms with van der Waals surface area (Å²) in [5, 5.41) is 3.21. The average Bonchev–Trinajstić information content (AvgIpc) is 3.16. The largest absolute Gasteiger partial charge is 0.330 e. The molecule has 0 radical (unpaired) electrons. The van der Waals surface area contributed by atoms with Gasteiger partial charge in [-0.2, -0.15) is 0 Å². The van der Waals surface area contributed by atoms with Crippen molar-refractivity contribution in [2.75, 3.05) is 0 Å². The van der Waals surface area contributed by atoms with E-state index >= 15 is 0 Å². The maximum atomic E-state index is 12.6. The molecule has 1 heterocycles. The molecule has 0 unspecified atom stereocenters. The van der Waals surface area contributed by atoms with E-state index in [0.29, 0.717) is 17.9 Å². The molecule has 0 spiro atoms. The van der Waals surface area contributed by atoms with Crippen molar-refractivity contribution < 1.29 is 13.2 Å². The van der Waals surface area contributed by atoms with E-state index in [1.165, 1.54) is 11.6 Å². The molecular formula is C25H22BrN3O3S. The van der Waals surface area contributed by atoms with Crippen molar-refractivity contribution in [3.05, 3.63) is 105 Å². The molecule has 0 aliphatic heterocycles. The molecule has 1 N–H and O–H groups in total. The van der Waals surface area contributed by atoms with Gasteiger partial charge in [0.1, 0.15) is 11.5 Å². The van der Waals surface area contributed by atoms with Gasteiger partial charge in [0.2, 0.25) is 0 Å². The number of hydrogen-bond donors (Lipinski definition) is 1. The van der Waals surface area contributed by atoms with Crippen LogP contribution in [0.5, 0.6) is 0 Å². The van der Waals surface area contributed by atoms with Gasteiger partial charge in [-0.25, -0.2) is 18.1 Å². The molecule has 8 heteroatoms. The summed E-state index contributed by atoms with van der Waals surface area (Å²) in [5.74, 6) is -0.170. The van der Waals surface area contributed by atoms with Crippen LogP contribution >= 0.6 is 15.9 Å². The van der Waals surface area contributed by atoms with Gasteiger partial charge in [0, 0.05) is 17.2 Å². The summed E-state index contributed by atoms with van der Waals surface area (Å²) in [4.78, 5) is 16.8. The predicted octanol–water partition coefficient (Wildman–Crippen LogP) is 5.19. The van der Waals surface area contributed by atoms with Gasteiger partial charge < -0.3 is 4.57 Å². The van der Waals surface area contributed by atoms with Crippen LogP contribution in [0.3, 0.4) is 0 Å². The van der Waals surface area contributed by atoms with E-state index in [-0.39, 0.29) is 5.69 Å². The summed E-state index contributed by atoms with van der Waals surface area (Å²) in [7, 11) is -3.96. The highest BCUT2D eigenvalue weighted by molar-refractivity contribution is 9.10. The minimum Gasteiger partial charge on any atom is -0.330 e. The first-order chi connectivity index (χ1) is 15.7. The Morgan fingerprint density at radius 3 is 2.58 bits per heavy atom. The first-order valence-corrected chi connectivity index (χ1v) is 12.6. The molecule has 33 heavy (non-hydrogen) atoms. The summed E-state index contributed by atoms with van der Waals surface area (Å²) in [6.07, 6.45) is 2.99. The van der Waals surface area contributed by atoms with Crippen LogP contribution in [0.2, 0.25) is 0 Å². The van der Waals surface area contributed by atoms with Gasteiger partial charge >= 0.3 is 0 Å². The van der Waals surface area contributed by atoms with Crippen LogP contribution in [0.4, 0.5) is 0 Å².